The molecule has 0 fully saturated rings. The predicted molar refractivity (Wildman–Crippen MR) is 100 cm³/mol. The van der Waals surface area contributed by atoms with E-state index in [1.807, 2.05) is 31.2 Å². The summed E-state index contributed by atoms with van der Waals surface area (Å²) in [6, 6.07) is 14.8. The van der Waals surface area contributed by atoms with Crippen molar-refractivity contribution in [2.24, 2.45) is 0 Å². The molecule has 5 heteroatoms. The van der Waals surface area contributed by atoms with Crippen molar-refractivity contribution < 1.29 is 18.3 Å². The molecule has 27 heavy (non-hydrogen) atoms. The van der Waals surface area contributed by atoms with Gasteiger partial charge < -0.3 is 5.11 Å². The van der Waals surface area contributed by atoms with Gasteiger partial charge in [0.1, 0.15) is 0 Å². The summed E-state index contributed by atoms with van der Waals surface area (Å²) in [5.74, 6) is -0.472. The lowest BCUT2D eigenvalue weighted by Crippen LogP contribution is -2.28. The van der Waals surface area contributed by atoms with E-state index in [0.29, 0.717) is 12.0 Å². The molecule has 0 spiro atoms. The third kappa shape index (κ3) is 3.83. The number of aliphatic hydroxyl groups is 1. The number of rotatable bonds is 5. The Bertz CT molecular complexity index is 933. The van der Waals surface area contributed by atoms with E-state index in [4.69, 9.17) is 0 Å². The van der Waals surface area contributed by atoms with Crippen LogP contribution in [0.2, 0.25) is 0 Å². The molecule has 0 aliphatic heterocycles. The largest absolute Gasteiger partial charge is 0.416 e. The van der Waals surface area contributed by atoms with Crippen LogP contribution in [0.3, 0.4) is 0 Å². The number of nitrogens with zero attached hydrogens (tertiary/aromatic N) is 1. The lowest BCUT2D eigenvalue weighted by molar-refractivity contribution is -0.138. The summed E-state index contributed by atoms with van der Waals surface area (Å²) >= 11 is 0. The number of benzene rings is 2. The number of fused-ring (bicyclic) bond motifs is 1. The summed E-state index contributed by atoms with van der Waals surface area (Å²) in [4.78, 5) is 4.31. The average Bonchev–Trinajstić information content (AvgIpc) is 2.66. The number of pyridine rings is 1. The van der Waals surface area contributed by atoms with Crippen LogP contribution in [0.5, 0.6) is 0 Å². The van der Waals surface area contributed by atoms with Gasteiger partial charge in [-0.25, -0.2) is 0 Å². The fourth-order valence-corrected chi connectivity index (χ4v) is 3.75. The zero-order valence-electron chi connectivity index (χ0n) is 15.3. The minimum Gasteiger partial charge on any atom is -0.385 e. The van der Waals surface area contributed by atoms with Gasteiger partial charge in [-0.1, -0.05) is 50.2 Å². The topological polar surface area (TPSA) is 33.1 Å². The fourth-order valence-electron chi connectivity index (χ4n) is 3.75. The van der Waals surface area contributed by atoms with E-state index in [9.17, 15) is 18.3 Å². The van der Waals surface area contributed by atoms with E-state index in [1.54, 1.807) is 25.3 Å². The molecule has 0 aliphatic rings. The number of hydrogen-bond donors (Lipinski definition) is 1. The van der Waals surface area contributed by atoms with E-state index in [1.165, 1.54) is 12.1 Å². The van der Waals surface area contributed by atoms with Crippen LogP contribution in [0.1, 0.15) is 49.3 Å². The van der Waals surface area contributed by atoms with Crippen LogP contribution >= 0.6 is 0 Å². The van der Waals surface area contributed by atoms with Gasteiger partial charge in [-0.2, -0.15) is 13.2 Å². The van der Waals surface area contributed by atoms with Crippen molar-refractivity contribution in [2.45, 2.75) is 44.4 Å². The average molecular weight is 373 g/mol. The van der Waals surface area contributed by atoms with Gasteiger partial charge >= 0.3 is 6.18 Å². The van der Waals surface area contributed by atoms with Crippen LogP contribution in [-0.4, -0.2) is 10.1 Å². The Morgan fingerprint density at radius 3 is 2.33 bits per heavy atom. The van der Waals surface area contributed by atoms with Crippen molar-refractivity contribution in [1.29, 1.82) is 0 Å². The molecule has 0 saturated heterocycles. The molecule has 2 atom stereocenters. The molecular formula is C22H22F3NO. The minimum atomic E-state index is -4.42. The molecule has 0 radical (unpaired) electrons. The number of halogens is 3. The van der Waals surface area contributed by atoms with Crippen LogP contribution in [-0.2, 0) is 11.8 Å². The minimum absolute atomic E-state index is 0.185. The SMILES string of the molecule is CCC(O)(CC(C)c1ccccc1C(F)(F)F)c1ccnc2ccccc12. The van der Waals surface area contributed by atoms with Gasteiger partial charge in [0.25, 0.3) is 0 Å². The first-order valence-electron chi connectivity index (χ1n) is 8.99. The zero-order valence-corrected chi connectivity index (χ0v) is 15.3. The van der Waals surface area contributed by atoms with E-state index >= 15 is 0 Å². The highest BCUT2D eigenvalue weighted by Crippen LogP contribution is 2.42. The van der Waals surface area contributed by atoms with Crippen molar-refractivity contribution in [1.82, 2.24) is 4.98 Å². The third-order valence-corrected chi connectivity index (χ3v) is 5.18. The maximum Gasteiger partial charge on any atom is 0.416 e. The lowest BCUT2D eigenvalue weighted by Gasteiger charge is -2.32. The van der Waals surface area contributed by atoms with Crippen molar-refractivity contribution in [2.75, 3.05) is 0 Å². The number of para-hydroxylation sites is 1. The summed E-state index contributed by atoms with van der Waals surface area (Å²) in [5.41, 5.74) is -0.233. The van der Waals surface area contributed by atoms with E-state index in [-0.39, 0.29) is 12.0 Å². The summed E-state index contributed by atoms with van der Waals surface area (Å²) < 4.78 is 40.2. The summed E-state index contributed by atoms with van der Waals surface area (Å²) in [6.45, 7) is 3.58. The van der Waals surface area contributed by atoms with Gasteiger partial charge in [0.15, 0.2) is 0 Å². The second-order valence-electron chi connectivity index (χ2n) is 6.95. The number of hydrogen-bond acceptors (Lipinski definition) is 2. The van der Waals surface area contributed by atoms with Crippen LogP contribution in [0.4, 0.5) is 13.2 Å². The normalized spacial score (nSPS) is 15.5. The van der Waals surface area contributed by atoms with Crippen LogP contribution in [0.25, 0.3) is 10.9 Å². The van der Waals surface area contributed by atoms with Crippen molar-refractivity contribution in [3.63, 3.8) is 0 Å². The molecule has 1 aromatic heterocycles. The maximum atomic E-state index is 13.4. The van der Waals surface area contributed by atoms with Gasteiger partial charge in [-0.3, -0.25) is 4.98 Å². The summed E-state index contributed by atoms with van der Waals surface area (Å²) in [6.07, 6.45) is -2.21. The smallest absolute Gasteiger partial charge is 0.385 e. The third-order valence-electron chi connectivity index (χ3n) is 5.18. The predicted octanol–water partition coefficient (Wildman–Crippen LogP) is 6.05. The van der Waals surface area contributed by atoms with E-state index in [2.05, 4.69) is 4.98 Å². The number of alkyl halides is 3. The molecule has 0 bridgehead atoms. The van der Waals surface area contributed by atoms with Crippen molar-refractivity contribution in [3.05, 3.63) is 77.5 Å². The summed E-state index contributed by atoms with van der Waals surface area (Å²) in [5, 5.41) is 12.2. The quantitative estimate of drug-likeness (QED) is 0.591. The monoisotopic (exact) mass is 373 g/mol. The molecule has 1 N–H and O–H groups in total. The van der Waals surface area contributed by atoms with Crippen LogP contribution < -0.4 is 0 Å². The Morgan fingerprint density at radius 1 is 0.963 bits per heavy atom. The lowest BCUT2D eigenvalue weighted by atomic mass is 9.78. The molecule has 1 heterocycles. The molecule has 2 aromatic carbocycles. The molecule has 3 rings (SSSR count). The Labute approximate surface area is 156 Å². The molecule has 0 amide bonds. The first kappa shape index (κ1) is 19.4. The molecule has 142 valence electrons. The standard InChI is InChI=1S/C22H22F3NO/c1-3-21(27,18-12-13-26-20-11-7-5-9-17(18)20)14-15(2)16-8-4-6-10-19(16)22(23,24)25/h4-13,15,27H,3,14H2,1-2H3. The van der Waals surface area contributed by atoms with Crippen LogP contribution in [0, 0.1) is 0 Å². The van der Waals surface area contributed by atoms with Gasteiger partial charge in [0, 0.05) is 11.6 Å². The highest BCUT2D eigenvalue weighted by Gasteiger charge is 2.37. The van der Waals surface area contributed by atoms with Crippen molar-refractivity contribution >= 4 is 10.9 Å². The Kier molecular flexibility index (Phi) is 5.24. The highest BCUT2D eigenvalue weighted by atomic mass is 19.4. The first-order valence-corrected chi connectivity index (χ1v) is 8.99. The van der Waals surface area contributed by atoms with Gasteiger partial charge in [0.2, 0.25) is 0 Å². The fraction of sp³-hybridized carbons (Fsp3) is 0.318. The molecule has 3 aromatic rings. The Hall–Kier alpha value is -2.40. The molecule has 2 unspecified atom stereocenters. The van der Waals surface area contributed by atoms with Gasteiger partial charge in [-0.15, -0.1) is 0 Å². The molecular weight excluding hydrogens is 351 g/mol. The zero-order chi connectivity index (χ0) is 19.7. The van der Waals surface area contributed by atoms with Gasteiger partial charge in [-0.05, 0) is 48.1 Å². The second kappa shape index (κ2) is 7.31. The number of aromatic nitrogens is 1. The molecule has 2 nitrogen and oxygen atoms in total. The summed E-state index contributed by atoms with van der Waals surface area (Å²) in [7, 11) is 0. The molecule has 0 saturated carbocycles. The Morgan fingerprint density at radius 2 is 1.63 bits per heavy atom. The van der Waals surface area contributed by atoms with E-state index < -0.39 is 23.3 Å². The van der Waals surface area contributed by atoms with Gasteiger partial charge in [0.05, 0.1) is 16.7 Å². The van der Waals surface area contributed by atoms with E-state index in [0.717, 1.165) is 17.0 Å². The Balaban J connectivity index is 2.02. The maximum absolute atomic E-state index is 13.4. The van der Waals surface area contributed by atoms with Crippen molar-refractivity contribution in [3.8, 4) is 0 Å². The molecule has 0 aliphatic carbocycles. The highest BCUT2D eigenvalue weighted by molar-refractivity contribution is 5.82. The first-order chi connectivity index (χ1) is 12.8. The van der Waals surface area contributed by atoms with Crippen LogP contribution in [0.15, 0.2) is 60.8 Å². The second-order valence-corrected chi connectivity index (χ2v) is 6.95.